The van der Waals surface area contributed by atoms with Crippen molar-refractivity contribution >= 4 is 35.0 Å². The Balaban J connectivity index is 1.73. The number of likely N-dealkylation sites (N-methyl/N-ethyl adjacent to an activating group) is 1. The van der Waals surface area contributed by atoms with Crippen LogP contribution in [0.25, 0.3) is 0 Å². The van der Waals surface area contributed by atoms with Gasteiger partial charge in [-0.1, -0.05) is 0 Å². The first-order chi connectivity index (χ1) is 13.4. The first-order valence-electron chi connectivity index (χ1n) is 9.41. The molecular formula is C19H27N3O5S. The van der Waals surface area contributed by atoms with Crippen LogP contribution >= 0.6 is 11.3 Å². The number of nitrogens with one attached hydrogen (secondary N) is 1. The first kappa shape index (κ1) is 21.9. The van der Waals surface area contributed by atoms with Crippen LogP contribution in [-0.2, 0) is 19.1 Å². The molecule has 2 rings (SSSR count). The summed E-state index contributed by atoms with van der Waals surface area (Å²) in [6.45, 7) is 3.15. The lowest BCUT2D eigenvalue weighted by molar-refractivity contribution is -0.152. The van der Waals surface area contributed by atoms with Gasteiger partial charge < -0.3 is 19.9 Å². The Labute approximate surface area is 168 Å². The molecule has 3 amide bonds. The summed E-state index contributed by atoms with van der Waals surface area (Å²) in [5, 5.41) is 6.24. The summed E-state index contributed by atoms with van der Waals surface area (Å²) in [4.78, 5) is 51.4. The van der Waals surface area contributed by atoms with Crippen molar-refractivity contribution in [2.24, 2.45) is 5.92 Å². The topological polar surface area (TPSA) is 96.0 Å². The number of esters is 1. The zero-order valence-corrected chi connectivity index (χ0v) is 17.1. The number of carbonyl (C=O) groups excluding carboxylic acids is 4. The highest BCUT2D eigenvalue weighted by Crippen LogP contribution is 2.18. The second kappa shape index (κ2) is 10.8. The molecule has 1 aliphatic rings. The molecule has 154 valence electrons. The molecule has 1 atom stereocenters. The van der Waals surface area contributed by atoms with Crippen molar-refractivity contribution in [1.82, 2.24) is 15.1 Å². The minimum absolute atomic E-state index is 0.0488. The fraction of sp³-hybridized carbons (Fsp3) is 0.579. The van der Waals surface area contributed by atoms with Crippen LogP contribution in [0.2, 0.25) is 0 Å². The maximum atomic E-state index is 12.5. The molecule has 0 aromatic carbocycles. The number of amides is 3. The molecule has 8 nitrogen and oxygen atoms in total. The van der Waals surface area contributed by atoms with Crippen molar-refractivity contribution in [3.05, 3.63) is 22.4 Å². The van der Waals surface area contributed by atoms with E-state index in [2.05, 4.69) is 5.32 Å². The summed E-state index contributed by atoms with van der Waals surface area (Å²) >= 11 is 1.43. The summed E-state index contributed by atoms with van der Waals surface area (Å²) < 4.78 is 5.04. The number of hydrogen-bond acceptors (Lipinski definition) is 6. The lowest BCUT2D eigenvalue weighted by atomic mass is 9.98. The summed E-state index contributed by atoms with van der Waals surface area (Å²) in [6, 6.07) is 1.72. The van der Waals surface area contributed by atoms with Crippen LogP contribution in [0, 0.1) is 5.92 Å². The van der Waals surface area contributed by atoms with Crippen LogP contribution in [0.1, 0.15) is 36.5 Å². The Hall–Kier alpha value is -2.42. The highest BCUT2D eigenvalue weighted by molar-refractivity contribution is 7.08. The van der Waals surface area contributed by atoms with Crippen molar-refractivity contribution < 1.29 is 23.9 Å². The van der Waals surface area contributed by atoms with Gasteiger partial charge in [-0.25, -0.2) is 0 Å². The minimum Gasteiger partial charge on any atom is -0.466 e. The van der Waals surface area contributed by atoms with E-state index in [0.29, 0.717) is 31.7 Å². The second-order valence-electron chi connectivity index (χ2n) is 6.70. The quantitative estimate of drug-likeness (QED) is 0.650. The van der Waals surface area contributed by atoms with Gasteiger partial charge in [0.2, 0.25) is 11.8 Å². The standard InChI is InChI=1S/C19H27N3O5S/c1-3-27-19(26)14-5-4-9-22(11-14)17(24)12-21(2)16(23)6-8-20-18(25)15-7-10-28-13-15/h7,10,13-14H,3-6,8-9,11-12H2,1-2H3,(H,20,25). The van der Waals surface area contributed by atoms with Crippen LogP contribution in [0.3, 0.4) is 0 Å². The van der Waals surface area contributed by atoms with Gasteiger partial charge in [0.05, 0.1) is 19.1 Å². The second-order valence-corrected chi connectivity index (χ2v) is 7.48. The Morgan fingerprint density at radius 1 is 1.36 bits per heavy atom. The number of likely N-dealkylation sites (tertiary alicyclic amines) is 1. The van der Waals surface area contributed by atoms with Crippen LogP contribution in [-0.4, -0.2) is 73.3 Å². The van der Waals surface area contributed by atoms with E-state index in [9.17, 15) is 19.2 Å². The molecule has 1 aromatic heterocycles. The number of thiophene rings is 1. The number of rotatable bonds is 8. The van der Waals surface area contributed by atoms with Gasteiger partial charge in [-0.15, -0.1) is 0 Å². The lowest BCUT2D eigenvalue weighted by Gasteiger charge is -2.32. The van der Waals surface area contributed by atoms with Gasteiger partial charge in [0.15, 0.2) is 0 Å². The molecule has 1 aliphatic heterocycles. The van der Waals surface area contributed by atoms with E-state index in [1.165, 1.54) is 16.2 Å². The van der Waals surface area contributed by atoms with Gasteiger partial charge in [0.1, 0.15) is 0 Å². The Morgan fingerprint density at radius 2 is 2.14 bits per heavy atom. The van der Waals surface area contributed by atoms with Crippen LogP contribution in [0.15, 0.2) is 16.8 Å². The van der Waals surface area contributed by atoms with Crippen molar-refractivity contribution in [3.8, 4) is 0 Å². The molecule has 0 spiro atoms. The number of piperidine rings is 1. The van der Waals surface area contributed by atoms with Crippen molar-refractivity contribution in [3.63, 3.8) is 0 Å². The smallest absolute Gasteiger partial charge is 0.310 e. The van der Waals surface area contributed by atoms with Gasteiger partial charge in [-0.2, -0.15) is 11.3 Å². The largest absolute Gasteiger partial charge is 0.466 e. The van der Waals surface area contributed by atoms with Crippen LogP contribution in [0.4, 0.5) is 0 Å². The summed E-state index contributed by atoms with van der Waals surface area (Å²) in [6.07, 6.45) is 1.56. The molecule has 1 aromatic rings. The Bertz CT molecular complexity index is 692. The van der Waals surface area contributed by atoms with Gasteiger partial charge in [0.25, 0.3) is 5.91 Å². The molecule has 1 saturated heterocycles. The third-order valence-electron chi connectivity index (χ3n) is 4.60. The number of nitrogens with zero attached hydrogens (tertiary/aromatic N) is 2. The fourth-order valence-electron chi connectivity index (χ4n) is 3.02. The SMILES string of the molecule is CCOC(=O)C1CCCN(C(=O)CN(C)C(=O)CCNC(=O)c2ccsc2)C1. The van der Waals surface area contributed by atoms with E-state index in [4.69, 9.17) is 4.74 Å². The van der Waals surface area contributed by atoms with Crippen molar-refractivity contribution in [2.45, 2.75) is 26.2 Å². The summed E-state index contributed by atoms with van der Waals surface area (Å²) in [5.41, 5.74) is 0.572. The average Bonchev–Trinajstić information content (AvgIpc) is 3.23. The molecule has 2 heterocycles. The molecule has 0 bridgehead atoms. The van der Waals surface area contributed by atoms with Crippen molar-refractivity contribution in [2.75, 3.05) is 39.8 Å². The molecule has 1 fully saturated rings. The summed E-state index contributed by atoms with van der Waals surface area (Å²) in [5.74, 6) is -1.20. The lowest BCUT2D eigenvalue weighted by Crippen LogP contribution is -2.47. The molecule has 28 heavy (non-hydrogen) atoms. The maximum absolute atomic E-state index is 12.5. The van der Waals surface area contributed by atoms with Crippen LogP contribution < -0.4 is 5.32 Å². The van der Waals surface area contributed by atoms with E-state index in [0.717, 1.165) is 6.42 Å². The third kappa shape index (κ3) is 6.33. The molecule has 0 aliphatic carbocycles. The molecule has 0 saturated carbocycles. The monoisotopic (exact) mass is 409 g/mol. The highest BCUT2D eigenvalue weighted by atomic mass is 32.1. The van der Waals surface area contributed by atoms with E-state index in [1.807, 2.05) is 5.38 Å². The molecule has 9 heteroatoms. The number of ether oxygens (including phenoxy) is 1. The Morgan fingerprint density at radius 3 is 2.82 bits per heavy atom. The maximum Gasteiger partial charge on any atom is 0.310 e. The fourth-order valence-corrected chi connectivity index (χ4v) is 3.65. The number of carbonyl (C=O) groups is 4. The molecule has 0 radical (unpaired) electrons. The summed E-state index contributed by atoms with van der Waals surface area (Å²) in [7, 11) is 1.56. The molecule has 1 unspecified atom stereocenters. The van der Waals surface area contributed by atoms with E-state index >= 15 is 0 Å². The van der Waals surface area contributed by atoms with E-state index in [1.54, 1.807) is 30.3 Å². The van der Waals surface area contributed by atoms with Gasteiger partial charge in [0, 0.05) is 44.0 Å². The van der Waals surface area contributed by atoms with Crippen molar-refractivity contribution in [1.29, 1.82) is 0 Å². The zero-order chi connectivity index (χ0) is 20.5. The zero-order valence-electron chi connectivity index (χ0n) is 16.3. The minimum atomic E-state index is -0.300. The third-order valence-corrected chi connectivity index (χ3v) is 5.28. The van der Waals surface area contributed by atoms with Gasteiger partial charge >= 0.3 is 5.97 Å². The number of hydrogen-bond donors (Lipinski definition) is 1. The first-order valence-corrected chi connectivity index (χ1v) is 10.4. The predicted molar refractivity (Wildman–Crippen MR) is 105 cm³/mol. The van der Waals surface area contributed by atoms with Gasteiger partial charge in [-0.05, 0) is 31.2 Å². The van der Waals surface area contributed by atoms with E-state index < -0.39 is 0 Å². The highest BCUT2D eigenvalue weighted by Gasteiger charge is 2.30. The Kier molecular flexibility index (Phi) is 8.43. The van der Waals surface area contributed by atoms with E-state index in [-0.39, 0.29) is 49.1 Å². The average molecular weight is 410 g/mol. The molecule has 1 N–H and O–H groups in total. The predicted octanol–water partition coefficient (Wildman–Crippen LogP) is 1.13. The van der Waals surface area contributed by atoms with Crippen LogP contribution in [0.5, 0.6) is 0 Å². The van der Waals surface area contributed by atoms with Gasteiger partial charge in [-0.3, -0.25) is 19.2 Å². The molecular weight excluding hydrogens is 382 g/mol. The normalized spacial score (nSPS) is 16.4.